The number of carbonyl (C=O) groups excluding carboxylic acids is 1. The zero-order chi connectivity index (χ0) is 23.5. The van der Waals surface area contributed by atoms with Crippen molar-refractivity contribution < 1.29 is 4.79 Å². The number of nitrogens with two attached hydrogens (primary N) is 1. The topological polar surface area (TPSA) is 115 Å². The van der Waals surface area contributed by atoms with E-state index in [1.165, 1.54) is 10.1 Å². The quantitative estimate of drug-likeness (QED) is 0.492. The van der Waals surface area contributed by atoms with Crippen LogP contribution in [0.15, 0.2) is 41.2 Å². The second-order valence-electron chi connectivity index (χ2n) is 8.15. The lowest BCUT2D eigenvalue weighted by atomic mass is 10.1. The Hall–Kier alpha value is -3.39. The van der Waals surface area contributed by atoms with E-state index in [0.717, 1.165) is 23.2 Å². The van der Waals surface area contributed by atoms with E-state index >= 15 is 0 Å². The van der Waals surface area contributed by atoms with Gasteiger partial charge in [-0.05, 0) is 48.9 Å². The van der Waals surface area contributed by atoms with Crippen LogP contribution in [0.3, 0.4) is 0 Å². The molecule has 0 fully saturated rings. The van der Waals surface area contributed by atoms with Gasteiger partial charge in [-0.15, -0.1) is 0 Å². The Morgan fingerprint density at radius 3 is 2.76 bits per heavy atom. The summed E-state index contributed by atoms with van der Waals surface area (Å²) in [4.78, 5) is 34.7. The summed E-state index contributed by atoms with van der Waals surface area (Å²) in [5, 5.41) is 6.26. The first-order valence-corrected chi connectivity index (χ1v) is 11.4. The molecule has 0 saturated heterocycles. The first-order chi connectivity index (χ1) is 15.9. The fourth-order valence-corrected chi connectivity index (χ4v) is 4.38. The molecule has 0 unspecified atom stereocenters. The van der Waals surface area contributed by atoms with Crippen molar-refractivity contribution in [2.45, 2.75) is 52.2 Å². The minimum absolute atomic E-state index is 0.143. The van der Waals surface area contributed by atoms with Crippen LogP contribution in [-0.2, 0) is 30.7 Å². The number of hydrogen-bond acceptors (Lipinski definition) is 6. The van der Waals surface area contributed by atoms with Crippen molar-refractivity contribution in [3.05, 3.63) is 80.0 Å². The number of pyridine rings is 1. The molecule has 1 amide bonds. The normalized spacial score (nSPS) is 14.7. The van der Waals surface area contributed by atoms with Gasteiger partial charge in [0.1, 0.15) is 11.9 Å². The molecule has 1 aliphatic heterocycles. The van der Waals surface area contributed by atoms with Crippen molar-refractivity contribution in [3.8, 4) is 0 Å². The number of nitrogens with zero attached hydrogens (tertiary/aromatic N) is 3. The van der Waals surface area contributed by atoms with E-state index in [2.05, 4.69) is 39.7 Å². The molecule has 1 aliphatic rings. The second-order valence-corrected chi connectivity index (χ2v) is 8.51. The molecule has 33 heavy (non-hydrogen) atoms. The molecule has 1 atom stereocenters. The summed E-state index contributed by atoms with van der Waals surface area (Å²) in [7, 11) is 0. The predicted molar refractivity (Wildman–Crippen MR) is 129 cm³/mol. The Balaban J connectivity index is 1.52. The number of benzene rings is 1. The van der Waals surface area contributed by atoms with Crippen molar-refractivity contribution in [1.82, 2.24) is 19.9 Å². The Labute approximate surface area is 197 Å². The third kappa shape index (κ3) is 4.85. The van der Waals surface area contributed by atoms with Crippen LogP contribution < -0.4 is 21.9 Å². The lowest BCUT2D eigenvalue weighted by Gasteiger charge is -2.17. The second kappa shape index (κ2) is 9.62. The van der Waals surface area contributed by atoms with Crippen LogP contribution in [0.2, 0.25) is 5.15 Å². The number of halogens is 1. The van der Waals surface area contributed by atoms with E-state index in [4.69, 9.17) is 17.3 Å². The van der Waals surface area contributed by atoms with Gasteiger partial charge in [0.2, 0.25) is 5.91 Å². The summed E-state index contributed by atoms with van der Waals surface area (Å²) in [5.74, 6) is 0.335. The molecule has 172 valence electrons. The van der Waals surface area contributed by atoms with Crippen LogP contribution in [0, 0.1) is 6.92 Å². The van der Waals surface area contributed by atoms with Crippen LogP contribution in [-0.4, -0.2) is 20.4 Å². The van der Waals surface area contributed by atoms with E-state index in [9.17, 15) is 9.59 Å². The summed E-state index contributed by atoms with van der Waals surface area (Å²) in [6.45, 7) is 4.67. The van der Waals surface area contributed by atoms with Crippen molar-refractivity contribution in [2.24, 2.45) is 0 Å². The Morgan fingerprint density at radius 1 is 1.21 bits per heavy atom. The molecule has 4 N–H and O–H groups in total. The molecule has 3 aromatic rings. The molecule has 9 heteroatoms. The summed E-state index contributed by atoms with van der Waals surface area (Å²) in [6.07, 6.45) is 1.94. The van der Waals surface area contributed by atoms with Crippen LogP contribution in [0.5, 0.6) is 0 Å². The molecule has 0 aliphatic carbocycles. The average Bonchev–Trinajstić information content (AvgIpc) is 3.26. The van der Waals surface area contributed by atoms with Gasteiger partial charge in [-0.25, -0.2) is 9.97 Å². The smallest absolute Gasteiger partial charge is 0.294 e. The first kappa shape index (κ1) is 22.8. The molecule has 3 heterocycles. The van der Waals surface area contributed by atoms with Crippen molar-refractivity contribution >= 4 is 29.1 Å². The number of rotatable bonds is 7. The molecule has 0 radical (unpaired) electrons. The summed E-state index contributed by atoms with van der Waals surface area (Å²) in [6, 6.07) is 11.0. The minimum Gasteiger partial charge on any atom is -0.384 e. The maximum Gasteiger partial charge on any atom is 0.294 e. The number of fused-ring (bicyclic) bond motifs is 1. The predicted octanol–water partition coefficient (Wildman–Crippen LogP) is 3.16. The number of amides is 1. The molecule has 0 saturated carbocycles. The van der Waals surface area contributed by atoms with Gasteiger partial charge in [-0.3, -0.25) is 14.2 Å². The zero-order valence-corrected chi connectivity index (χ0v) is 19.4. The van der Waals surface area contributed by atoms with E-state index in [1.807, 2.05) is 25.1 Å². The van der Waals surface area contributed by atoms with Crippen molar-refractivity contribution in [3.63, 3.8) is 0 Å². The van der Waals surface area contributed by atoms with Crippen LogP contribution in [0.1, 0.15) is 47.5 Å². The molecule has 1 aromatic carbocycles. The molecule has 0 spiro atoms. The van der Waals surface area contributed by atoms with Gasteiger partial charge in [0.15, 0.2) is 11.0 Å². The van der Waals surface area contributed by atoms with Gasteiger partial charge in [0.05, 0.1) is 5.69 Å². The summed E-state index contributed by atoms with van der Waals surface area (Å²) < 4.78 is 1.48. The Bertz CT molecular complexity index is 1260. The van der Waals surface area contributed by atoms with E-state index in [1.54, 1.807) is 6.07 Å². The van der Waals surface area contributed by atoms with Crippen LogP contribution >= 0.6 is 11.6 Å². The van der Waals surface area contributed by atoms with Crippen molar-refractivity contribution in [2.75, 3.05) is 11.1 Å². The standard InChI is InChI=1S/C24H27ClN6O2/c1-3-15-5-4-6-16(11-15)12-27-22-24(33)31-18(21(25)30-22)8-9-19(31)23(32)28-13-17-7-10-20(26)29-14(17)2/h4-7,10-11,19H,3,8-9,12-13H2,1-2H3,(H2,26,29)(H,27,30)(H,28,32)/t19-/m0/s1. The maximum absolute atomic E-state index is 13.2. The monoisotopic (exact) mass is 466 g/mol. The SMILES string of the molecule is CCc1cccc(CNc2nc(Cl)c3n(c2=O)[C@H](C(=O)NCc2ccc(N)nc2C)CC3)c1. The molecular formula is C24H27ClN6O2. The number of anilines is 2. The van der Waals surface area contributed by atoms with E-state index in [0.29, 0.717) is 37.4 Å². The number of carbonyl (C=O) groups is 1. The lowest BCUT2D eigenvalue weighted by molar-refractivity contribution is -0.124. The summed E-state index contributed by atoms with van der Waals surface area (Å²) in [5.41, 5.74) is 9.82. The van der Waals surface area contributed by atoms with Gasteiger partial charge in [0, 0.05) is 18.8 Å². The number of aromatic nitrogens is 3. The van der Waals surface area contributed by atoms with Crippen LogP contribution in [0.25, 0.3) is 0 Å². The lowest BCUT2D eigenvalue weighted by Crippen LogP contribution is -2.36. The third-order valence-corrected chi connectivity index (χ3v) is 6.26. The maximum atomic E-state index is 13.2. The fraction of sp³-hybridized carbons (Fsp3) is 0.333. The third-order valence-electron chi connectivity index (χ3n) is 5.96. The van der Waals surface area contributed by atoms with Crippen molar-refractivity contribution in [1.29, 1.82) is 0 Å². The number of aryl methyl sites for hydroxylation is 2. The molecule has 2 aromatic heterocycles. The Kier molecular flexibility index (Phi) is 6.65. The highest BCUT2D eigenvalue weighted by Crippen LogP contribution is 2.29. The largest absolute Gasteiger partial charge is 0.384 e. The highest BCUT2D eigenvalue weighted by atomic mass is 35.5. The fourth-order valence-electron chi connectivity index (χ4n) is 4.11. The zero-order valence-electron chi connectivity index (χ0n) is 18.7. The molecule has 0 bridgehead atoms. The van der Waals surface area contributed by atoms with Gasteiger partial charge in [-0.2, -0.15) is 0 Å². The van der Waals surface area contributed by atoms with Crippen LogP contribution in [0.4, 0.5) is 11.6 Å². The number of hydrogen-bond donors (Lipinski definition) is 3. The number of nitrogens with one attached hydrogen (secondary N) is 2. The van der Waals surface area contributed by atoms with E-state index in [-0.39, 0.29) is 22.4 Å². The highest BCUT2D eigenvalue weighted by Gasteiger charge is 2.32. The molecule has 4 rings (SSSR count). The van der Waals surface area contributed by atoms with Gasteiger partial charge in [0.25, 0.3) is 5.56 Å². The molecule has 8 nitrogen and oxygen atoms in total. The summed E-state index contributed by atoms with van der Waals surface area (Å²) >= 11 is 6.39. The Morgan fingerprint density at radius 2 is 2.00 bits per heavy atom. The first-order valence-electron chi connectivity index (χ1n) is 11.0. The molecular weight excluding hydrogens is 440 g/mol. The van der Waals surface area contributed by atoms with Gasteiger partial charge in [-0.1, -0.05) is 48.9 Å². The average molecular weight is 467 g/mol. The van der Waals surface area contributed by atoms with Gasteiger partial charge >= 0.3 is 0 Å². The highest BCUT2D eigenvalue weighted by molar-refractivity contribution is 6.30. The minimum atomic E-state index is -0.640. The number of nitrogen functional groups attached to an aromatic ring is 1. The van der Waals surface area contributed by atoms with Gasteiger partial charge < -0.3 is 16.4 Å². The van der Waals surface area contributed by atoms with E-state index < -0.39 is 6.04 Å².